The lowest BCUT2D eigenvalue weighted by Gasteiger charge is -2.28. The molecule has 8 heteroatoms. The van der Waals surface area contributed by atoms with Crippen molar-refractivity contribution >= 4 is 22.5 Å². The van der Waals surface area contributed by atoms with Gasteiger partial charge in [0.25, 0.3) is 0 Å². The number of halogens is 4. The summed E-state index contributed by atoms with van der Waals surface area (Å²) < 4.78 is 38.4. The Morgan fingerprint density at radius 1 is 1.03 bits per heavy atom. The largest absolute Gasteiger partial charge is 0.416 e. The third-order valence-corrected chi connectivity index (χ3v) is 6.20. The zero-order valence-corrected chi connectivity index (χ0v) is 18.6. The van der Waals surface area contributed by atoms with Crippen molar-refractivity contribution in [1.29, 1.82) is 0 Å². The summed E-state index contributed by atoms with van der Waals surface area (Å²) in [6.07, 6.45) is -1.87. The van der Waals surface area contributed by atoms with Crippen LogP contribution in [0.15, 0.2) is 54.7 Å². The fraction of sp³-hybridized carbons (Fsp3) is 0.240. The first-order valence-corrected chi connectivity index (χ1v) is 10.9. The Hall–Kier alpha value is -3.03. The van der Waals surface area contributed by atoms with Gasteiger partial charge in [0.15, 0.2) is 5.82 Å². The summed E-state index contributed by atoms with van der Waals surface area (Å²) in [5, 5.41) is 1.56. The average molecular weight is 469 g/mol. The Labute approximate surface area is 194 Å². The van der Waals surface area contributed by atoms with Gasteiger partial charge >= 0.3 is 6.18 Å². The standard InChI is InChI=1S/C25H20ClF3N4/c1-15-2-3-17-11-18(23(26)31-22(17)10-15)13-33-9-8-21-19(14-33)12-30-24(32-21)16-4-6-20(7-5-16)25(27,28)29/h2-7,10-12H,8-9,13-14H2,1H3. The molecule has 0 fully saturated rings. The number of hydrogen-bond donors (Lipinski definition) is 0. The van der Waals surface area contributed by atoms with Gasteiger partial charge in [-0.2, -0.15) is 13.2 Å². The molecule has 3 heterocycles. The first-order valence-electron chi connectivity index (χ1n) is 10.6. The lowest BCUT2D eigenvalue weighted by Crippen LogP contribution is -2.31. The van der Waals surface area contributed by atoms with E-state index in [1.165, 1.54) is 12.1 Å². The Morgan fingerprint density at radius 3 is 2.58 bits per heavy atom. The van der Waals surface area contributed by atoms with Gasteiger partial charge in [0.05, 0.1) is 16.8 Å². The molecule has 0 radical (unpaired) electrons. The third-order valence-electron chi connectivity index (χ3n) is 5.88. The minimum Gasteiger partial charge on any atom is -0.294 e. The number of alkyl halides is 3. The van der Waals surface area contributed by atoms with Crippen molar-refractivity contribution in [2.24, 2.45) is 0 Å². The normalized spacial score (nSPS) is 14.5. The van der Waals surface area contributed by atoms with Gasteiger partial charge in [0.1, 0.15) is 5.15 Å². The van der Waals surface area contributed by atoms with Crippen LogP contribution in [-0.2, 0) is 25.7 Å². The fourth-order valence-electron chi connectivity index (χ4n) is 4.11. The number of rotatable bonds is 3. The number of fused-ring (bicyclic) bond motifs is 2. The number of hydrogen-bond acceptors (Lipinski definition) is 4. The molecule has 1 aliphatic rings. The second-order valence-electron chi connectivity index (χ2n) is 8.34. The maximum absolute atomic E-state index is 12.8. The SMILES string of the molecule is Cc1ccc2cc(CN3CCc4nc(-c5ccc(C(F)(F)F)cc5)ncc4C3)c(Cl)nc2c1. The summed E-state index contributed by atoms with van der Waals surface area (Å²) in [6.45, 7) is 4.15. The van der Waals surface area contributed by atoms with E-state index in [9.17, 15) is 13.2 Å². The van der Waals surface area contributed by atoms with E-state index >= 15 is 0 Å². The summed E-state index contributed by atoms with van der Waals surface area (Å²) >= 11 is 6.47. The monoisotopic (exact) mass is 468 g/mol. The number of nitrogens with zero attached hydrogens (tertiary/aromatic N) is 4. The van der Waals surface area contributed by atoms with Gasteiger partial charge in [-0.05, 0) is 36.8 Å². The van der Waals surface area contributed by atoms with Crippen molar-refractivity contribution < 1.29 is 13.2 Å². The minimum atomic E-state index is -4.36. The molecule has 1 aliphatic heterocycles. The van der Waals surface area contributed by atoms with E-state index in [1.807, 2.05) is 13.0 Å². The molecule has 0 amide bonds. The second kappa shape index (κ2) is 8.39. The molecular weight excluding hydrogens is 449 g/mol. The predicted molar refractivity (Wildman–Crippen MR) is 122 cm³/mol. The molecule has 5 rings (SSSR count). The van der Waals surface area contributed by atoms with E-state index in [4.69, 9.17) is 11.6 Å². The van der Waals surface area contributed by atoms with E-state index in [2.05, 4.69) is 38.1 Å². The Bertz CT molecular complexity index is 1340. The molecule has 2 aromatic carbocycles. The highest BCUT2D eigenvalue weighted by molar-refractivity contribution is 6.30. The van der Waals surface area contributed by atoms with Crippen molar-refractivity contribution in [3.05, 3.63) is 87.8 Å². The van der Waals surface area contributed by atoms with Crippen LogP contribution in [0.2, 0.25) is 5.15 Å². The molecular formula is C25H20ClF3N4. The molecule has 2 aromatic heterocycles. The van der Waals surface area contributed by atoms with Gasteiger partial charge in [0, 0.05) is 54.3 Å². The second-order valence-corrected chi connectivity index (χ2v) is 8.69. The Kier molecular flexibility index (Phi) is 5.54. The van der Waals surface area contributed by atoms with E-state index in [-0.39, 0.29) is 0 Å². The topological polar surface area (TPSA) is 41.9 Å². The Morgan fingerprint density at radius 2 is 1.82 bits per heavy atom. The van der Waals surface area contributed by atoms with Crippen molar-refractivity contribution in [2.45, 2.75) is 32.6 Å². The van der Waals surface area contributed by atoms with Gasteiger partial charge in [-0.3, -0.25) is 4.90 Å². The van der Waals surface area contributed by atoms with Gasteiger partial charge in [-0.1, -0.05) is 35.9 Å². The van der Waals surface area contributed by atoms with E-state index < -0.39 is 11.7 Å². The number of aromatic nitrogens is 3. The van der Waals surface area contributed by atoms with Crippen LogP contribution in [-0.4, -0.2) is 26.4 Å². The highest BCUT2D eigenvalue weighted by atomic mass is 35.5. The summed E-state index contributed by atoms with van der Waals surface area (Å²) in [5.41, 5.74) is 4.82. The molecule has 0 saturated carbocycles. The van der Waals surface area contributed by atoms with Crippen LogP contribution in [0.5, 0.6) is 0 Å². The quantitative estimate of drug-likeness (QED) is 0.334. The zero-order valence-electron chi connectivity index (χ0n) is 17.8. The van der Waals surface area contributed by atoms with Crippen LogP contribution in [0, 0.1) is 6.92 Å². The molecule has 0 aliphatic carbocycles. The van der Waals surface area contributed by atoms with Crippen LogP contribution >= 0.6 is 11.6 Å². The molecule has 0 spiro atoms. The van der Waals surface area contributed by atoms with Crippen molar-refractivity contribution in [1.82, 2.24) is 19.9 Å². The molecule has 0 unspecified atom stereocenters. The van der Waals surface area contributed by atoms with E-state index in [0.717, 1.165) is 58.4 Å². The highest BCUT2D eigenvalue weighted by Crippen LogP contribution is 2.31. The molecule has 4 aromatic rings. The van der Waals surface area contributed by atoms with Crippen molar-refractivity contribution in [2.75, 3.05) is 6.54 Å². The van der Waals surface area contributed by atoms with Gasteiger partial charge in [-0.25, -0.2) is 15.0 Å². The van der Waals surface area contributed by atoms with Gasteiger partial charge in [-0.15, -0.1) is 0 Å². The summed E-state index contributed by atoms with van der Waals surface area (Å²) in [7, 11) is 0. The summed E-state index contributed by atoms with van der Waals surface area (Å²) in [5.74, 6) is 0.438. The first kappa shape index (κ1) is 21.8. The molecule has 168 valence electrons. The van der Waals surface area contributed by atoms with Crippen molar-refractivity contribution in [3.8, 4) is 11.4 Å². The minimum absolute atomic E-state index is 0.438. The molecule has 4 nitrogen and oxygen atoms in total. The smallest absolute Gasteiger partial charge is 0.294 e. The van der Waals surface area contributed by atoms with Crippen LogP contribution in [0.1, 0.15) is 27.9 Å². The lowest BCUT2D eigenvalue weighted by molar-refractivity contribution is -0.137. The first-order chi connectivity index (χ1) is 15.8. The number of benzene rings is 2. The number of pyridine rings is 1. The van der Waals surface area contributed by atoms with Crippen LogP contribution in [0.4, 0.5) is 13.2 Å². The average Bonchev–Trinajstić information content (AvgIpc) is 2.79. The van der Waals surface area contributed by atoms with Gasteiger partial charge in [0.2, 0.25) is 0 Å². The highest BCUT2D eigenvalue weighted by Gasteiger charge is 2.30. The fourth-order valence-corrected chi connectivity index (χ4v) is 4.31. The van der Waals surface area contributed by atoms with Gasteiger partial charge < -0.3 is 0 Å². The molecule has 33 heavy (non-hydrogen) atoms. The Balaban J connectivity index is 1.33. The van der Waals surface area contributed by atoms with Crippen molar-refractivity contribution in [3.63, 3.8) is 0 Å². The zero-order chi connectivity index (χ0) is 23.2. The maximum atomic E-state index is 12.8. The maximum Gasteiger partial charge on any atom is 0.416 e. The molecule has 0 bridgehead atoms. The molecule has 0 N–H and O–H groups in total. The third kappa shape index (κ3) is 4.56. The lowest BCUT2D eigenvalue weighted by atomic mass is 10.0. The van der Waals surface area contributed by atoms with E-state index in [0.29, 0.717) is 29.6 Å². The summed E-state index contributed by atoms with van der Waals surface area (Å²) in [4.78, 5) is 15.9. The van der Waals surface area contributed by atoms with Crippen LogP contribution in [0.3, 0.4) is 0 Å². The van der Waals surface area contributed by atoms with E-state index in [1.54, 1.807) is 6.20 Å². The number of aryl methyl sites for hydroxylation is 1. The predicted octanol–water partition coefficient (Wildman–Crippen LogP) is 6.23. The van der Waals surface area contributed by atoms with Crippen LogP contribution < -0.4 is 0 Å². The van der Waals surface area contributed by atoms with Crippen LogP contribution in [0.25, 0.3) is 22.3 Å². The summed E-state index contributed by atoms with van der Waals surface area (Å²) in [6, 6.07) is 13.2. The molecule has 0 saturated heterocycles. The molecule has 0 atom stereocenters.